The highest BCUT2D eigenvalue weighted by Crippen LogP contribution is 2.24. The molecular weight excluding hydrogens is 402 g/mol. The minimum atomic E-state index is -0.115. The molecule has 0 aliphatic carbocycles. The molecule has 0 saturated carbocycles. The summed E-state index contributed by atoms with van der Waals surface area (Å²) in [5, 5.41) is 11.9. The van der Waals surface area contributed by atoms with Crippen molar-refractivity contribution in [3.8, 4) is 0 Å². The Hall–Kier alpha value is -2.93. The number of nitrogens with one attached hydrogen (secondary N) is 1. The molecule has 156 valence electrons. The monoisotopic (exact) mass is 425 g/mol. The summed E-state index contributed by atoms with van der Waals surface area (Å²) in [6.07, 6.45) is 1.27. The van der Waals surface area contributed by atoms with E-state index in [2.05, 4.69) is 15.6 Å². The fourth-order valence-corrected chi connectivity index (χ4v) is 4.09. The van der Waals surface area contributed by atoms with Crippen molar-refractivity contribution in [1.29, 1.82) is 0 Å². The van der Waals surface area contributed by atoms with Gasteiger partial charge in [0.25, 0.3) is 5.91 Å². The summed E-state index contributed by atoms with van der Waals surface area (Å²) < 4.78 is 1.80. The molecule has 8 heteroatoms. The summed E-state index contributed by atoms with van der Waals surface area (Å²) in [7, 11) is 0. The number of nitrogens with zero attached hydrogens (tertiary/aromatic N) is 4. The van der Waals surface area contributed by atoms with Crippen molar-refractivity contribution in [3.63, 3.8) is 0 Å². The molecule has 0 spiro atoms. The number of hydrogen-bond donors (Lipinski definition) is 1. The highest BCUT2D eigenvalue weighted by molar-refractivity contribution is 6.30. The summed E-state index contributed by atoms with van der Waals surface area (Å²) in [6.45, 7) is 5.75. The van der Waals surface area contributed by atoms with Gasteiger partial charge in [0.1, 0.15) is 5.52 Å². The van der Waals surface area contributed by atoms with E-state index < -0.39 is 0 Å². The lowest BCUT2D eigenvalue weighted by molar-refractivity contribution is -0.121. The maximum Gasteiger partial charge on any atom is 0.253 e. The summed E-state index contributed by atoms with van der Waals surface area (Å²) in [6, 6.07) is 10.9. The third kappa shape index (κ3) is 4.03. The Morgan fingerprint density at radius 3 is 2.63 bits per heavy atom. The number of halogens is 1. The van der Waals surface area contributed by atoms with Crippen LogP contribution in [0.15, 0.2) is 36.4 Å². The number of rotatable bonds is 4. The molecule has 1 aliphatic rings. The van der Waals surface area contributed by atoms with Crippen LogP contribution >= 0.6 is 11.6 Å². The maximum atomic E-state index is 12.9. The molecule has 30 heavy (non-hydrogen) atoms. The first-order valence-electron chi connectivity index (χ1n) is 10.2. The number of amides is 2. The van der Waals surface area contributed by atoms with Crippen molar-refractivity contribution in [3.05, 3.63) is 52.5 Å². The Balaban J connectivity index is 1.38. The SMILES string of the molecule is CCn1nnc2cc(C(=O)N3CCC(C(=O)Nc4ccc(Cl)cc4C)CC3)ccc21. The summed E-state index contributed by atoms with van der Waals surface area (Å²) in [4.78, 5) is 27.4. The lowest BCUT2D eigenvalue weighted by Gasteiger charge is -2.31. The van der Waals surface area contributed by atoms with E-state index in [1.165, 1.54) is 0 Å². The smallest absolute Gasteiger partial charge is 0.253 e. The van der Waals surface area contributed by atoms with E-state index in [1.54, 1.807) is 16.8 Å². The molecular formula is C22H24ClN5O2. The molecule has 1 N–H and O–H groups in total. The number of anilines is 1. The van der Waals surface area contributed by atoms with Gasteiger partial charge < -0.3 is 10.2 Å². The molecule has 2 heterocycles. The largest absolute Gasteiger partial charge is 0.339 e. The third-order valence-corrected chi connectivity index (χ3v) is 5.89. The zero-order valence-corrected chi connectivity index (χ0v) is 17.8. The van der Waals surface area contributed by atoms with Gasteiger partial charge in [-0.2, -0.15) is 0 Å². The highest BCUT2D eigenvalue weighted by Gasteiger charge is 2.28. The van der Waals surface area contributed by atoms with Crippen molar-refractivity contribution in [1.82, 2.24) is 19.9 Å². The number of carbonyl (C=O) groups is 2. The van der Waals surface area contributed by atoms with Gasteiger partial charge in [-0.1, -0.05) is 16.8 Å². The number of fused-ring (bicyclic) bond motifs is 1. The van der Waals surface area contributed by atoms with E-state index >= 15 is 0 Å². The van der Waals surface area contributed by atoms with Crippen LogP contribution in [-0.4, -0.2) is 44.8 Å². The first-order valence-corrected chi connectivity index (χ1v) is 10.5. The molecule has 1 fully saturated rings. The van der Waals surface area contributed by atoms with Gasteiger partial charge in [0.2, 0.25) is 5.91 Å². The molecule has 0 unspecified atom stereocenters. The second-order valence-corrected chi connectivity index (χ2v) is 8.06. The molecule has 0 radical (unpaired) electrons. The topological polar surface area (TPSA) is 80.1 Å². The molecule has 2 amide bonds. The predicted molar refractivity (Wildman–Crippen MR) is 117 cm³/mol. The van der Waals surface area contributed by atoms with E-state index in [0.717, 1.165) is 28.8 Å². The number of piperidine rings is 1. The molecule has 1 aromatic heterocycles. The van der Waals surface area contributed by atoms with Gasteiger partial charge in [-0.15, -0.1) is 5.10 Å². The lowest BCUT2D eigenvalue weighted by atomic mass is 9.95. The second kappa shape index (κ2) is 8.44. The van der Waals surface area contributed by atoms with Crippen LogP contribution in [0.25, 0.3) is 11.0 Å². The fourth-order valence-electron chi connectivity index (χ4n) is 3.87. The average molecular weight is 426 g/mol. The molecule has 1 saturated heterocycles. The first-order chi connectivity index (χ1) is 14.5. The number of benzene rings is 2. The molecule has 4 rings (SSSR count). The molecule has 3 aromatic rings. The van der Waals surface area contributed by atoms with Gasteiger partial charge in [-0.3, -0.25) is 9.59 Å². The summed E-state index contributed by atoms with van der Waals surface area (Å²) in [5.41, 5.74) is 3.94. The number of aromatic nitrogens is 3. The zero-order chi connectivity index (χ0) is 21.3. The summed E-state index contributed by atoms with van der Waals surface area (Å²) >= 11 is 5.98. The third-order valence-electron chi connectivity index (χ3n) is 5.66. The standard InChI is InChI=1S/C22H24ClN5O2/c1-3-28-20-7-4-16(13-19(20)25-26-28)22(30)27-10-8-15(9-11-27)21(29)24-18-6-5-17(23)12-14(18)2/h4-7,12-13,15H,3,8-11H2,1-2H3,(H,24,29). The minimum Gasteiger partial charge on any atom is -0.339 e. The van der Waals surface area contributed by atoms with Crippen LogP contribution in [-0.2, 0) is 11.3 Å². The highest BCUT2D eigenvalue weighted by atomic mass is 35.5. The number of likely N-dealkylation sites (tertiary alicyclic amines) is 1. The lowest BCUT2D eigenvalue weighted by Crippen LogP contribution is -2.41. The van der Waals surface area contributed by atoms with Gasteiger partial charge in [0.15, 0.2) is 0 Å². The Kier molecular flexibility index (Phi) is 5.72. The molecule has 7 nitrogen and oxygen atoms in total. The second-order valence-electron chi connectivity index (χ2n) is 7.62. The molecule has 0 atom stereocenters. The van der Waals surface area contributed by atoms with Gasteiger partial charge >= 0.3 is 0 Å². The van der Waals surface area contributed by atoms with Crippen molar-refractivity contribution in [2.45, 2.75) is 33.2 Å². The molecule has 0 bridgehead atoms. The van der Waals surface area contributed by atoms with Crippen LogP contribution in [0.5, 0.6) is 0 Å². The maximum absolute atomic E-state index is 12.9. The molecule has 2 aromatic carbocycles. The number of hydrogen-bond acceptors (Lipinski definition) is 4. The minimum absolute atomic E-state index is 0.00915. The Morgan fingerprint density at radius 1 is 1.17 bits per heavy atom. The van der Waals surface area contributed by atoms with Gasteiger partial charge in [0.05, 0.1) is 5.52 Å². The van der Waals surface area contributed by atoms with Crippen LogP contribution in [0.1, 0.15) is 35.7 Å². The van der Waals surface area contributed by atoms with Crippen molar-refractivity contribution in [2.24, 2.45) is 5.92 Å². The Bertz CT molecular complexity index is 1100. The van der Waals surface area contributed by atoms with Crippen molar-refractivity contribution < 1.29 is 9.59 Å². The Morgan fingerprint density at radius 2 is 1.93 bits per heavy atom. The van der Waals surface area contributed by atoms with Crippen LogP contribution in [0, 0.1) is 12.8 Å². The summed E-state index contributed by atoms with van der Waals surface area (Å²) in [5.74, 6) is -0.156. The van der Waals surface area contributed by atoms with E-state index in [0.29, 0.717) is 36.5 Å². The quantitative estimate of drug-likeness (QED) is 0.687. The van der Waals surface area contributed by atoms with E-state index in [4.69, 9.17) is 11.6 Å². The van der Waals surface area contributed by atoms with Crippen LogP contribution < -0.4 is 5.32 Å². The zero-order valence-electron chi connectivity index (χ0n) is 17.1. The number of aryl methyl sites for hydroxylation is 2. The average Bonchev–Trinajstić information content (AvgIpc) is 3.17. The predicted octanol–water partition coefficient (Wildman–Crippen LogP) is 3.90. The normalized spacial score (nSPS) is 14.8. The Labute approximate surface area is 180 Å². The van der Waals surface area contributed by atoms with Crippen LogP contribution in [0.2, 0.25) is 5.02 Å². The first kappa shape index (κ1) is 20.3. The van der Waals surface area contributed by atoms with Crippen LogP contribution in [0.3, 0.4) is 0 Å². The van der Waals surface area contributed by atoms with E-state index in [9.17, 15) is 9.59 Å². The van der Waals surface area contributed by atoms with Gasteiger partial charge in [-0.05, 0) is 68.7 Å². The van der Waals surface area contributed by atoms with Crippen molar-refractivity contribution in [2.75, 3.05) is 18.4 Å². The van der Waals surface area contributed by atoms with E-state index in [1.807, 2.05) is 43.0 Å². The fraction of sp³-hybridized carbons (Fsp3) is 0.364. The van der Waals surface area contributed by atoms with Crippen LogP contribution in [0.4, 0.5) is 5.69 Å². The molecule has 1 aliphatic heterocycles. The van der Waals surface area contributed by atoms with Gasteiger partial charge in [0, 0.05) is 41.8 Å². The van der Waals surface area contributed by atoms with E-state index in [-0.39, 0.29) is 17.7 Å². The number of carbonyl (C=O) groups excluding carboxylic acids is 2. The van der Waals surface area contributed by atoms with Crippen molar-refractivity contribution >= 4 is 40.1 Å². The van der Waals surface area contributed by atoms with Gasteiger partial charge in [-0.25, -0.2) is 4.68 Å².